The molecule has 0 unspecified atom stereocenters. The molecule has 0 aliphatic rings. The summed E-state index contributed by atoms with van der Waals surface area (Å²) in [5.41, 5.74) is 0. The van der Waals surface area contributed by atoms with Crippen molar-refractivity contribution in [3.63, 3.8) is 0 Å². The van der Waals surface area contributed by atoms with Crippen LogP contribution in [-0.2, 0) is 22.7 Å². The molecule has 2 amide bonds. The van der Waals surface area contributed by atoms with Gasteiger partial charge in [0.25, 0.3) is 0 Å². The summed E-state index contributed by atoms with van der Waals surface area (Å²) in [6.07, 6.45) is 3.00. The second-order valence-electron chi connectivity index (χ2n) is 3.52. The van der Waals surface area contributed by atoms with Crippen LogP contribution in [0.5, 0.6) is 0 Å². The highest BCUT2D eigenvalue weighted by atomic mass is 16.3. The van der Waals surface area contributed by atoms with Crippen molar-refractivity contribution in [2.45, 2.75) is 13.1 Å². The molecule has 0 spiro atoms. The second-order valence-corrected chi connectivity index (χ2v) is 3.52. The van der Waals surface area contributed by atoms with E-state index < -0.39 is 11.8 Å². The number of hydrogen-bond donors (Lipinski definition) is 2. The molecule has 0 aliphatic carbocycles. The first-order chi connectivity index (χ1) is 8.75. The van der Waals surface area contributed by atoms with Gasteiger partial charge in [0, 0.05) is 0 Å². The Balaban J connectivity index is 1.73. The van der Waals surface area contributed by atoms with Crippen LogP contribution in [0.25, 0.3) is 0 Å². The lowest BCUT2D eigenvalue weighted by atomic mass is 10.4. The van der Waals surface area contributed by atoms with Gasteiger partial charge in [-0.1, -0.05) is 0 Å². The Morgan fingerprint density at radius 2 is 1.33 bits per heavy atom. The van der Waals surface area contributed by atoms with Crippen LogP contribution in [0.4, 0.5) is 0 Å². The van der Waals surface area contributed by atoms with E-state index >= 15 is 0 Å². The molecule has 6 heteroatoms. The van der Waals surface area contributed by atoms with E-state index in [2.05, 4.69) is 10.6 Å². The number of carbonyl (C=O) groups excluding carboxylic acids is 2. The van der Waals surface area contributed by atoms with Crippen LogP contribution in [-0.4, -0.2) is 11.8 Å². The maximum atomic E-state index is 11.4. The lowest BCUT2D eigenvalue weighted by Gasteiger charge is -2.03. The highest BCUT2D eigenvalue weighted by molar-refractivity contribution is 6.35. The summed E-state index contributed by atoms with van der Waals surface area (Å²) in [5.74, 6) is -0.250. The summed E-state index contributed by atoms with van der Waals surface area (Å²) >= 11 is 0. The fourth-order valence-corrected chi connectivity index (χ4v) is 1.32. The molecule has 2 N–H and O–H groups in total. The van der Waals surface area contributed by atoms with Crippen LogP contribution >= 0.6 is 0 Å². The number of rotatable bonds is 4. The van der Waals surface area contributed by atoms with Crippen LogP contribution in [0.2, 0.25) is 0 Å². The van der Waals surface area contributed by atoms with Crippen molar-refractivity contribution < 1.29 is 18.4 Å². The summed E-state index contributed by atoms with van der Waals surface area (Å²) in [6.45, 7) is 0.361. The van der Waals surface area contributed by atoms with Gasteiger partial charge < -0.3 is 19.5 Å². The molecule has 6 nitrogen and oxygen atoms in total. The lowest BCUT2D eigenvalue weighted by Crippen LogP contribution is -2.39. The molecule has 0 atom stereocenters. The Labute approximate surface area is 103 Å². The maximum absolute atomic E-state index is 11.4. The van der Waals surface area contributed by atoms with E-state index in [0.717, 1.165) is 0 Å². The van der Waals surface area contributed by atoms with E-state index in [0.29, 0.717) is 11.5 Å². The zero-order chi connectivity index (χ0) is 12.8. The third kappa shape index (κ3) is 3.24. The normalized spacial score (nSPS) is 10.0. The Morgan fingerprint density at radius 3 is 1.67 bits per heavy atom. The molecule has 0 radical (unpaired) electrons. The predicted molar refractivity (Wildman–Crippen MR) is 61.1 cm³/mol. The van der Waals surface area contributed by atoms with E-state index in [1.54, 1.807) is 24.3 Å². The van der Waals surface area contributed by atoms with Gasteiger partial charge in [0.15, 0.2) is 0 Å². The molecule has 0 fully saturated rings. The third-order valence-electron chi connectivity index (χ3n) is 2.21. The molecule has 0 aliphatic heterocycles. The first kappa shape index (κ1) is 12.0. The fourth-order valence-electron chi connectivity index (χ4n) is 1.32. The van der Waals surface area contributed by atoms with Crippen LogP contribution in [0.1, 0.15) is 11.5 Å². The van der Waals surface area contributed by atoms with Gasteiger partial charge in [-0.15, -0.1) is 0 Å². The zero-order valence-corrected chi connectivity index (χ0v) is 9.51. The van der Waals surface area contributed by atoms with Crippen molar-refractivity contribution in [2.75, 3.05) is 0 Å². The smallest absolute Gasteiger partial charge is 0.309 e. The molecule has 2 aromatic heterocycles. The molecule has 0 aromatic carbocycles. The fraction of sp³-hybridized carbons (Fsp3) is 0.167. The molecule has 94 valence electrons. The molecular formula is C12H12N2O4. The van der Waals surface area contributed by atoms with Crippen LogP contribution in [0.15, 0.2) is 45.6 Å². The summed E-state index contributed by atoms with van der Waals surface area (Å²) in [6, 6.07) is 6.83. The van der Waals surface area contributed by atoms with Crippen LogP contribution in [0.3, 0.4) is 0 Å². The minimum atomic E-state index is -0.710. The van der Waals surface area contributed by atoms with Crippen molar-refractivity contribution in [3.8, 4) is 0 Å². The van der Waals surface area contributed by atoms with Crippen molar-refractivity contribution in [1.29, 1.82) is 0 Å². The van der Waals surface area contributed by atoms with E-state index in [1.165, 1.54) is 12.5 Å². The minimum absolute atomic E-state index is 0.181. The summed E-state index contributed by atoms with van der Waals surface area (Å²) in [7, 11) is 0. The maximum Gasteiger partial charge on any atom is 0.309 e. The molecule has 0 saturated heterocycles. The van der Waals surface area contributed by atoms with Gasteiger partial charge in [-0.25, -0.2) is 0 Å². The average Bonchev–Trinajstić information content (AvgIpc) is 3.05. The highest BCUT2D eigenvalue weighted by Gasteiger charge is 2.13. The highest BCUT2D eigenvalue weighted by Crippen LogP contribution is 1.99. The Bertz CT molecular complexity index is 454. The zero-order valence-electron chi connectivity index (χ0n) is 9.51. The monoisotopic (exact) mass is 248 g/mol. The first-order valence-electron chi connectivity index (χ1n) is 5.36. The second kappa shape index (κ2) is 5.72. The molecular weight excluding hydrogens is 236 g/mol. The summed E-state index contributed by atoms with van der Waals surface area (Å²) in [5, 5.41) is 4.88. The van der Waals surface area contributed by atoms with Gasteiger partial charge in [0.2, 0.25) is 0 Å². The predicted octanol–water partition coefficient (Wildman–Crippen LogP) is 0.805. The van der Waals surface area contributed by atoms with E-state index in [-0.39, 0.29) is 13.1 Å². The van der Waals surface area contributed by atoms with Gasteiger partial charge in [-0.05, 0) is 24.3 Å². The van der Waals surface area contributed by atoms with Crippen LogP contribution < -0.4 is 10.6 Å². The van der Waals surface area contributed by atoms with Crippen molar-refractivity contribution in [3.05, 3.63) is 48.3 Å². The quantitative estimate of drug-likeness (QED) is 0.784. The van der Waals surface area contributed by atoms with Gasteiger partial charge in [-0.2, -0.15) is 0 Å². The number of carbonyl (C=O) groups is 2. The van der Waals surface area contributed by atoms with Gasteiger partial charge in [0.05, 0.1) is 25.6 Å². The SMILES string of the molecule is O=C(NCc1ccco1)C(=O)NCc1ccco1. The molecule has 0 saturated carbocycles. The van der Waals surface area contributed by atoms with Crippen molar-refractivity contribution >= 4 is 11.8 Å². The largest absolute Gasteiger partial charge is 0.467 e. The molecule has 2 rings (SSSR count). The topological polar surface area (TPSA) is 84.5 Å². The Kier molecular flexibility index (Phi) is 3.80. The lowest BCUT2D eigenvalue weighted by molar-refractivity contribution is -0.139. The minimum Gasteiger partial charge on any atom is -0.467 e. The van der Waals surface area contributed by atoms with Crippen molar-refractivity contribution in [1.82, 2.24) is 10.6 Å². The van der Waals surface area contributed by atoms with Gasteiger partial charge in [-0.3, -0.25) is 9.59 Å². The molecule has 2 aromatic rings. The van der Waals surface area contributed by atoms with Crippen molar-refractivity contribution in [2.24, 2.45) is 0 Å². The standard InChI is InChI=1S/C12H12N2O4/c15-11(13-7-9-3-1-5-17-9)12(16)14-8-10-4-2-6-18-10/h1-6H,7-8H2,(H,13,15)(H,14,16). The Morgan fingerprint density at radius 1 is 0.889 bits per heavy atom. The van der Waals surface area contributed by atoms with E-state index in [9.17, 15) is 9.59 Å². The number of furan rings is 2. The third-order valence-corrected chi connectivity index (χ3v) is 2.21. The number of hydrogen-bond acceptors (Lipinski definition) is 4. The summed E-state index contributed by atoms with van der Waals surface area (Å²) < 4.78 is 10.0. The van der Waals surface area contributed by atoms with Crippen LogP contribution in [0, 0.1) is 0 Å². The van der Waals surface area contributed by atoms with E-state index in [4.69, 9.17) is 8.83 Å². The molecule has 18 heavy (non-hydrogen) atoms. The number of amides is 2. The van der Waals surface area contributed by atoms with E-state index in [1.807, 2.05) is 0 Å². The molecule has 2 heterocycles. The molecule has 0 bridgehead atoms. The Hall–Kier alpha value is -2.50. The average molecular weight is 248 g/mol. The summed E-state index contributed by atoms with van der Waals surface area (Å²) in [4.78, 5) is 22.8. The van der Waals surface area contributed by atoms with Gasteiger partial charge >= 0.3 is 11.8 Å². The van der Waals surface area contributed by atoms with Gasteiger partial charge in [0.1, 0.15) is 11.5 Å². The first-order valence-corrected chi connectivity index (χ1v) is 5.36. The number of nitrogens with one attached hydrogen (secondary N) is 2.